The van der Waals surface area contributed by atoms with Gasteiger partial charge in [-0.3, -0.25) is 0 Å². The van der Waals surface area contributed by atoms with E-state index in [1.165, 1.54) is 11.1 Å². The Bertz CT molecular complexity index is 665. The van der Waals surface area contributed by atoms with Crippen LogP contribution >= 0.6 is 0 Å². The van der Waals surface area contributed by atoms with Gasteiger partial charge in [0.2, 0.25) is 0 Å². The van der Waals surface area contributed by atoms with Crippen LogP contribution in [0.25, 0.3) is 0 Å². The fourth-order valence-corrected chi connectivity index (χ4v) is 4.25. The van der Waals surface area contributed by atoms with Crippen molar-refractivity contribution in [3.63, 3.8) is 0 Å². The third-order valence-electron chi connectivity index (χ3n) is 5.35. The third kappa shape index (κ3) is 2.73. The van der Waals surface area contributed by atoms with E-state index in [0.717, 1.165) is 12.8 Å². The first-order valence-corrected chi connectivity index (χ1v) is 8.59. The zero-order chi connectivity index (χ0) is 16.4. The Morgan fingerprint density at radius 1 is 0.792 bits per heavy atom. The van der Waals surface area contributed by atoms with E-state index in [4.69, 9.17) is 9.47 Å². The van der Waals surface area contributed by atoms with Crippen LogP contribution in [0.1, 0.15) is 35.8 Å². The number of rotatable bonds is 2. The molecule has 0 unspecified atom stereocenters. The minimum atomic E-state index is -0.547. The summed E-state index contributed by atoms with van der Waals surface area (Å²) in [5, 5.41) is 9.95. The molecule has 24 heavy (non-hydrogen) atoms. The predicted octanol–water partition coefficient (Wildman–Crippen LogP) is 4.23. The van der Waals surface area contributed by atoms with E-state index >= 15 is 0 Å². The van der Waals surface area contributed by atoms with Crippen LogP contribution in [0.5, 0.6) is 0 Å². The number of benzene rings is 2. The van der Waals surface area contributed by atoms with E-state index in [1.807, 2.05) is 36.4 Å². The predicted molar refractivity (Wildman–Crippen MR) is 91.3 cm³/mol. The summed E-state index contributed by atoms with van der Waals surface area (Å²) in [7, 11) is 0. The lowest BCUT2D eigenvalue weighted by atomic mass is 9.65. The minimum Gasteiger partial charge on any atom is -0.347 e. The highest BCUT2D eigenvalue weighted by atomic mass is 16.7. The van der Waals surface area contributed by atoms with Gasteiger partial charge in [0.25, 0.3) is 0 Å². The molecule has 2 atom stereocenters. The van der Waals surface area contributed by atoms with Crippen molar-refractivity contribution in [2.45, 2.75) is 30.5 Å². The molecule has 0 radical (unpaired) electrons. The van der Waals surface area contributed by atoms with Crippen LogP contribution in [0.2, 0.25) is 0 Å². The normalized spacial score (nSPS) is 28.5. The van der Waals surface area contributed by atoms with Gasteiger partial charge in [0.1, 0.15) is 0 Å². The van der Waals surface area contributed by atoms with Gasteiger partial charge in [-0.2, -0.15) is 5.26 Å². The standard InChI is InChI=1S/C21H21NO2/c22-15-20-18(16-7-3-1-4-8-16)13-21(23-11-12-24-21)14-19(20)17-9-5-2-6-10-17/h1-10,18-20H,11-14H2/t18-,19-/m1/s1. The van der Waals surface area contributed by atoms with Gasteiger partial charge in [-0.15, -0.1) is 0 Å². The maximum atomic E-state index is 9.95. The van der Waals surface area contributed by atoms with E-state index in [-0.39, 0.29) is 17.8 Å². The Morgan fingerprint density at radius 3 is 1.67 bits per heavy atom. The van der Waals surface area contributed by atoms with Gasteiger partial charge >= 0.3 is 0 Å². The molecule has 1 spiro atoms. The smallest absolute Gasteiger partial charge is 0.169 e. The molecule has 1 saturated heterocycles. The van der Waals surface area contributed by atoms with Gasteiger partial charge in [-0.1, -0.05) is 60.7 Å². The minimum absolute atomic E-state index is 0.0757. The van der Waals surface area contributed by atoms with Crippen molar-refractivity contribution < 1.29 is 9.47 Å². The van der Waals surface area contributed by atoms with Crippen LogP contribution in [0, 0.1) is 17.2 Å². The maximum absolute atomic E-state index is 9.95. The first-order valence-electron chi connectivity index (χ1n) is 8.59. The van der Waals surface area contributed by atoms with Crippen LogP contribution in [0.15, 0.2) is 60.7 Å². The summed E-state index contributed by atoms with van der Waals surface area (Å²) in [6.45, 7) is 1.28. The van der Waals surface area contributed by atoms with Crippen LogP contribution in [-0.4, -0.2) is 19.0 Å². The van der Waals surface area contributed by atoms with E-state index in [0.29, 0.717) is 13.2 Å². The average Bonchev–Trinajstić information content (AvgIpc) is 3.10. The molecule has 0 N–H and O–H groups in total. The molecule has 1 heterocycles. The largest absolute Gasteiger partial charge is 0.347 e. The maximum Gasteiger partial charge on any atom is 0.169 e. The van der Waals surface area contributed by atoms with Crippen LogP contribution in [0.3, 0.4) is 0 Å². The molecule has 3 heteroatoms. The Labute approximate surface area is 142 Å². The summed E-state index contributed by atoms with van der Waals surface area (Å²) in [5.74, 6) is -0.385. The fraction of sp³-hybridized carbons (Fsp3) is 0.381. The van der Waals surface area contributed by atoms with Gasteiger partial charge in [-0.05, 0) is 11.1 Å². The van der Waals surface area contributed by atoms with Crippen molar-refractivity contribution in [2.75, 3.05) is 13.2 Å². The summed E-state index contributed by atoms with van der Waals surface area (Å²) in [6.07, 6.45) is 1.50. The Hall–Kier alpha value is -2.15. The molecule has 122 valence electrons. The SMILES string of the molecule is N#CC1[C@@H](c2ccccc2)CC2(C[C@@H]1c1ccccc1)OCCO2. The molecular weight excluding hydrogens is 298 g/mol. The Kier molecular flexibility index (Phi) is 4.10. The van der Waals surface area contributed by atoms with E-state index in [2.05, 4.69) is 30.3 Å². The molecule has 2 aromatic carbocycles. The quantitative estimate of drug-likeness (QED) is 0.832. The van der Waals surface area contributed by atoms with Gasteiger partial charge < -0.3 is 9.47 Å². The second-order valence-electron chi connectivity index (χ2n) is 6.71. The van der Waals surface area contributed by atoms with Crippen molar-refractivity contribution in [1.29, 1.82) is 5.26 Å². The fourth-order valence-electron chi connectivity index (χ4n) is 4.25. The van der Waals surface area contributed by atoms with Crippen LogP contribution in [0.4, 0.5) is 0 Å². The lowest BCUT2D eigenvalue weighted by Crippen LogP contribution is -2.43. The summed E-state index contributed by atoms with van der Waals surface area (Å²) >= 11 is 0. The molecule has 3 nitrogen and oxygen atoms in total. The molecule has 1 saturated carbocycles. The van der Waals surface area contributed by atoms with Crippen molar-refractivity contribution >= 4 is 0 Å². The summed E-state index contributed by atoms with van der Waals surface area (Å²) < 4.78 is 12.1. The molecule has 4 rings (SSSR count). The monoisotopic (exact) mass is 319 g/mol. The average molecular weight is 319 g/mol. The van der Waals surface area contributed by atoms with Crippen molar-refractivity contribution in [1.82, 2.24) is 0 Å². The molecule has 2 aromatic rings. The first kappa shape index (κ1) is 15.4. The summed E-state index contributed by atoms with van der Waals surface area (Å²) in [4.78, 5) is 0. The topological polar surface area (TPSA) is 42.2 Å². The number of ether oxygens (including phenoxy) is 2. The van der Waals surface area contributed by atoms with E-state index < -0.39 is 5.79 Å². The van der Waals surface area contributed by atoms with Crippen molar-refractivity contribution in [3.05, 3.63) is 71.8 Å². The number of hydrogen-bond acceptors (Lipinski definition) is 3. The van der Waals surface area contributed by atoms with Gasteiger partial charge in [0.15, 0.2) is 5.79 Å². The first-order chi connectivity index (χ1) is 11.8. The second-order valence-corrected chi connectivity index (χ2v) is 6.71. The molecule has 1 aliphatic carbocycles. The molecule has 0 aromatic heterocycles. The lowest BCUT2D eigenvalue weighted by Gasteiger charge is -2.44. The molecule has 0 bridgehead atoms. The Balaban J connectivity index is 1.76. The number of hydrogen-bond donors (Lipinski definition) is 0. The lowest BCUT2D eigenvalue weighted by molar-refractivity contribution is -0.189. The Morgan fingerprint density at radius 2 is 1.25 bits per heavy atom. The molecule has 1 aliphatic heterocycles. The van der Waals surface area contributed by atoms with Crippen molar-refractivity contribution in [3.8, 4) is 6.07 Å². The van der Waals surface area contributed by atoms with Gasteiger partial charge in [-0.25, -0.2) is 0 Å². The van der Waals surface area contributed by atoms with E-state index in [1.54, 1.807) is 0 Å². The zero-order valence-corrected chi connectivity index (χ0v) is 13.6. The van der Waals surface area contributed by atoms with E-state index in [9.17, 15) is 5.26 Å². The molecule has 2 aliphatic rings. The van der Waals surface area contributed by atoms with Gasteiger partial charge in [0.05, 0.1) is 25.2 Å². The zero-order valence-electron chi connectivity index (χ0n) is 13.6. The summed E-state index contributed by atoms with van der Waals surface area (Å²) in [5.41, 5.74) is 2.39. The highest BCUT2D eigenvalue weighted by molar-refractivity contribution is 5.31. The van der Waals surface area contributed by atoms with Crippen LogP contribution in [-0.2, 0) is 9.47 Å². The third-order valence-corrected chi connectivity index (χ3v) is 5.35. The highest BCUT2D eigenvalue weighted by Gasteiger charge is 2.50. The van der Waals surface area contributed by atoms with Crippen LogP contribution < -0.4 is 0 Å². The number of nitriles is 1. The van der Waals surface area contributed by atoms with Gasteiger partial charge in [0, 0.05) is 24.7 Å². The molecule has 2 fully saturated rings. The number of nitrogens with zero attached hydrogens (tertiary/aromatic N) is 1. The van der Waals surface area contributed by atoms with Crippen molar-refractivity contribution in [2.24, 2.45) is 5.92 Å². The molecular formula is C21H21NO2. The molecule has 0 amide bonds. The summed E-state index contributed by atoms with van der Waals surface area (Å²) in [6, 6.07) is 23.3. The highest BCUT2D eigenvalue weighted by Crippen LogP contribution is 2.52. The second kappa shape index (κ2) is 6.39.